The highest BCUT2D eigenvalue weighted by molar-refractivity contribution is 5.78. The van der Waals surface area contributed by atoms with Crippen molar-refractivity contribution in [3.05, 3.63) is 118 Å². The fraction of sp³-hybridized carbons (Fsp3) is 0.519. The van der Waals surface area contributed by atoms with E-state index in [-0.39, 0.29) is 60.4 Å². The maximum atomic E-state index is 13.2. The van der Waals surface area contributed by atoms with Crippen LogP contribution in [0.3, 0.4) is 0 Å². The Balaban J connectivity index is 0.000000206. The Hall–Kier alpha value is -5.48. The summed E-state index contributed by atoms with van der Waals surface area (Å²) in [4.78, 5) is 33.6. The predicted octanol–water partition coefficient (Wildman–Crippen LogP) is 10.8. The lowest BCUT2D eigenvalue weighted by Crippen LogP contribution is -2.50. The summed E-state index contributed by atoms with van der Waals surface area (Å²) in [5.41, 5.74) is 5.07. The van der Waals surface area contributed by atoms with Gasteiger partial charge in [0.1, 0.15) is 13.2 Å². The average molecular weight is 979 g/mol. The quantitative estimate of drug-likeness (QED) is 0.136. The molecule has 4 fully saturated rings. The van der Waals surface area contributed by atoms with Crippen LogP contribution in [0, 0.1) is 27.7 Å². The van der Waals surface area contributed by atoms with Crippen LogP contribution in [0.4, 0.5) is 49.1 Å². The number of nitrogens with one attached hydrogen (secondary N) is 2. The number of carbonyl (C=O) groups is 2. The van der Waals surface area contributed by atoms with Crippen molar-refractivity contribution in [2.24, 2.45) is 0 Å². The van der Waals surface area contributed by atoms with Gasteiger partial charge in [-0.25, -0.2) is 0 Å². The van der Waals surface area contributed by atoms with E-state index in [1.807, 2.05) is 9.80 Å². The molecule has 2 N–H and O–H groups in total. The van der Waals surface area contributed by atoms with Crippen molar-refractivity contribution in [1.29, 1.82) is 0 Å². The minimum Gasteiger partial charge on any atom is -0.382 e. The number of hydrogen-bond acceptors (Lipinski definition) is 8. The van der Waals surface area contributed by atoms with Gasteiger partial charge in [0.2, 0.25) is 11.8 Å². The predicted molar refractivity (Wildman–Crippen MR) is 264 cm³/mol. The molecule has 0 bridgehead atoms. The number of halogens is 6. The summed E-state index contributed by atoms with van der Waals surface area (Å²) >= 11 is 0. The van der Waals surface area contributed by atoms with Crippen LogP contribution in [0.5, 0.6) is 0 Å². The van der Waals surface area contributed by atoms with Gasteiger partial charge in [0.15, 0.2) is 0 Å². The van der Waals surface area contributed by atoms with Crippen LogP contribution >= 0.6 is 0 Å². The molecular formula is C54H68F6N6O4. The number of anilines is 4. The molecular weight excluding hydrogens is 911 g/mol. The zero-order valence-electron chi connectivity index (χ0n) is 40.8. The Kier molecular flexibility index (Phi) is 17.7. The highest BCUT2D eigenvalue weighted by Gasteiger charge is 2.34. The van der Waals surface area contributed by atoms with Gasteiger partial charge in [0.25, 0.3) is 0 Å². The number of amides is 2. The summed E-state index contributed by atoms with van der Waals surface area (Å²) in [6.45, 7) is 13.2. The molecule has 10 nitrogen and oxygen atoms in total. The molecule has 2 saturated carbocycles. The van der Waals surface area contributed by atoms with Crippen molar-refractivity contribution in [2.45, 2.75) is 116 Å². The highest BCUT2D eigenvalue weighted by Crippen LogP contribution is 2.36. The molecule has 2 heterocycles. The largest absolute Gasteiger partial charge is 0.416 e. The molecule has 0 radical (unpaired) electrons. The van der Waals surface area contributed by atoms with Crippen molar-refractivity contribution >= 4 is 34.6 Å². The van der Waals surface area contributed by atoms with Crippen molar-refractivity contribution < 1.29 is 45.4 Å². The molecule has 4 aromatic rings. The Bertz CT molecular complexity index is 2150. The molecule has 0 atom stereocenters. The van der Waals surface area contributed by atoms with Gasteiger partial charge in [0.05, 0.1) is 23.3 Å². The summed E-state index contributed by atoms with van der Waals surface area (Å²) in [6.07, 6.45) is -2.38. The van der Waals surface area contributed by atoms with Crippen molar-refractivity contribution in [2.75, 3.05) is 86.0 Å². The zero-order chi connectivity index (χ0) is 50.0. The van der Waals surface area contributed by atoms with Gasteiger partial charge in [0, 0.05) is 87.2 Å². The monoisotopic (exact) mass is 979 g/mol. The van der Waals surface area contributed by atoms with Gasteiger partial charge in [-0.2, -0.15) is 26.3 Å². The summed E-state index contributed by atoms with van der Waals surface area (Å²) in [6, 6.07) is 25.9. The van der Waals surface area contributed by atoms with E-state index in [9.17, 15) is 35.9 Å². The van der Waals surface area contributed by atoms with E-state index in [1.54, 1.807) is 12.1 Å². The van der Waals surface area contributed by atoms with Crippen LogP contribution < -0.4 is 20.4 Å². The second kappa shape index (κ2) is 23.6. The van der Waals surface area contributed by atoms with E-state index in [0.717, 1.165) is 77.5 Å². The lowest BCUT2D eigenvalue weighted by molar-refractivity contribution is -0.139. The molecule has 380 valence electrons. The third-order valence-corrected chi connectivity index (χ3v) is 14.1. The summed E-state index contributed by atoms with van der Waals surface area (Å²) in [5, 5.41) is 6.49. The molecule has 2 amide bonds. The van der Waals surface area contributed by atoms with Crippen LogP contribution in [0.25, 0.3) is 0 Å². The van der Waals surface area contributed by atoms with Crippen LogP contribution in [0.2, 0.25) is 0 Å². The van der Waals surface area contributed by atoms with Gasteiger partial charge in [-0.15, -0.1) is 0 Å². The molecule has 2 saturated heterocycles. The molecule has 2 aliphatic carbocycles. The summed E-state index contributed by atoms with van der Waals surface area (Å²) < 4.78 is 90.9. The van der Waals surface area contributed by atoms with E-state index >= 15 is 0 Å². The van der Waals surface area contributed by atoms with Crippen molar-refractivity contribution in [3.8, 4) is 0 Å². The van der Waals surface area contributed by atoms with Gasteiger partial charge in [-0.1, -0.05) is 47.5 Å². The molecule has 4 aromatic carbocycles. The topological polar surface area (TPSA) is 89.6 Å². The minimum absolute atomic E-state index is 0.00889. The van der Waals surface area contributed by atoms with Gasteiger partial charge in [-0.3, -0.25) is 9.59 Å². The van der Waals surface area contributed by atoms with E-state index in [2.05, 4.69) is 82.8 Å². The Morgan fingerprint density at radius 1 is 0.486 bits per heavy atom. The Labute approximate surface area is 408 Å². The highest BCUT2D eigenvalue weighted by atomic mass is 19.4. The molecule has 0 aromatic heterocycles. The number of piperazine rings is 2. The van der Waals surface area contributed by atoms with Gasteiger partial charge < -0.3 is 39.7 Å². The van der Waals surface area contributed by atoms with E-state index in [1.165, 1.54) is 60.6 Å². The number of nitrogens with zero attached hydrogens (tertiary/aromatic N) is 4. The zero-order valence-corrected chi connectivity index (χ0v) is 40.8. The van der Waals surface area contributed by atoms with Crippen LogP contribution in [-0.4, -0.2) is 111 Å². The molecule has 4 aliphatic rings. The van der Waals surface area contributed by atoms with Crippen LogP contribution in [0.1, 0.15) is 84.7 Å². The van der Waals surface area contributed by atoms with Crippen molar-refractivity contribution in [3.63, 3.8) is 0 Å². The van der Waals surface area contributed by atoms with Crippen molar-refractivity contribution in [1.82, 2.24) is 9.80 Å². The Morgan fingerprint density at radius 2 is 0.814 bits per heavy atom. The van der Waals surface area contributed by atoms with Gasteiger partial charge in [-0.05, 0) is 139 Å². The fourth-order valence-electron chi connectivity index (χ4n) is 9.75. The Morgan fingerprint density at radius 3 is 1.13 bits per heavy atom. The number of carbonyl (C=O) groups excluding carboxylic acids is 2. The smallest absolute Gasteiger partial charge is 0.382 e. The molecule has 0 unspecified atom stereocenters. The first-order valence-electron chi connectivity index (χ1n) is 24.7. The maximum Gasteiger partial charge on any atom is 0.416 e. The fourth-order valence-corrected chi connectivity index (χ4v) is 9.75. The SMILES string of the molecule is Cc1ccc(N2CCN(C(=O)COC3CCC(Nc4ccc(C)c(C(F)(F)F)c4)CC3)CC2)cc1.Cc1ccc(N2CCN(C(=O)COC3CCC(Nc4ccc(C)c(C(F)(F)F)c4)CC3)CC2)cc1. The third kappa shape index (κ3) is 14.8. The molecule has 16 heteroatoms. The lowest BCUT2D eigenvalue weighted by atomic mass is 9.92. The number of hydrogen-bond donors (Lipinski definition) is 2. The molecule has 2 aliphatic heterocycles. The normalized spacial score (nSPS) is 21.2. The average Bonchev–Trinajstić information content (AvgIpc) is 3.34. The first-order valence-corrected chi connectivity index (χ1v) is 24.7. The number of ether oxygens (including phenoxy) is 2. The number of alkyl halides is 6. The second-order valence-corrected chi connectivity index (χ2v) is 19.3. The van der Waals surface area contributed by atoms with E-state index < -0.39 is 23.5 Å². The summed E-state index contributed by atoms with van der Waals surface area (Å²) in [5.74, 6) is 0.0429. The maximum absolute atomic E-state index is 13.2. The standard InChI is InChI=1S/2C27H34F3N3O2/c2*1-19-3-9-23(10-4-19)32-13-15-33(16-14-32)26(34)18-35-24-11-7-21(8-12-24)31-22-6-5-20(2)25(17-22)27(28,29)30/h2*3-6,9-10,17,21,24,31H,7-8,11-16,18H2,1-2H3. The minimum atomic E-state index is -4.35. The first-order chi connectivity index (χ1) is 33.4. The third-order valence-electron chi connectivity index (χ3n) is 14.1. The summed E-state index contributed by atoms with van der Waals surface area (Å²) in [7, 11) is 0. The molecule has 70 heavy (non-hydrogen) atoms. The van der Waals surface area contributed by atoms with Gasteiger partial charge >= 0.3 is 12.4 Å². The second-order valence-electron chi connectivity index (χ2n) is 19.3. The first kappa shape index (κ1) is 52.3. The van der Waals surface area contributed by atoms with Crippen LogP contribution in [-0.2, 0) is 31.4 Å². The molecule has 0 spiro atoms. The number of rotatable bonds is 12. The number of aryl methyl sites for hydroxylation is 4. The van der Waals surface area contributed by atoms with E-state index in [4.69, 9.17) is 9.47 Å². The van der Waals surface area contributed by atoms with E-state index in [0.29, 0.717) is 37.6 Å². The lowest BCUT2D eigenvalue weighted by Gasteiger charge is -2.36. The molecule has 8 rings (SSSR count). The van der Waals surface area contributed by atoms with Crippen LogP contribution in [0.15, 0.2) is 84.9 Å². The number of benzene rings is 4.